The van der Waals surface area contributed by atoms with Gasteiger partial charge in [0.1, 0.15) is 0 Å². The van der Waals surface area contributed by atoms with E-state index < -0.39 is 0 Å². The summed E-state index contributed by atoms with van der Waals surface area (Å²) in [5.74, 6) is 0. The van der Waals surface area contributed by atoms with Crippen LogP contribution in [-0.4, -0.2) is 19.3 Å². The number of hydrogen-bond donors (Lipinski definition) is 1. The lowest BCUT2D eigenvalue weighted by molar-refractivity contribution is -0.187. The molecular formula is C9H19NO. The molecule has 1 rings (SSSR count). The van der Waals surface area contributed by atoms with Gasteiger partial charge in [-0.05, 0) is 0 Å². The molecule has 0 amide bonds. The zero-order valence-corrected chi connectivity index (χ0v) is 8.14. The molecule has 0 aromatic carbocycles. The molecule has 1 aliphatic carbocycles. The molecule has 0 aromatic rings. The minimum atomic E-state index is 0.137. The van der Waals surface area contributed by atoms with Crippen LogP contribution in [0.25, 0.3) is 0 Å². The third-order valence-corrected chi connectivity index (χ3v) is 3.19. The standard InChI is InChI=1S/C9H19NO/c1-8(2)6(10)9(3,4)7(8)11-5/h6-7H,10H2,1-5H3/t6-,7+. The van der Waals surface area contributed by atoms with Gasteiger partial charge in [0.2, 0.25) is 0 Å². The van der Waals surface area contributed by atoms with Crippen molar-refractivity contribution in [3.8, 4) is 0 Å². The quantitative estimate of drug-likeness (QED) is 0.624. The van der Waals surface area contributed by atoms with E-state index in [4.69, 9.17) is 10.5 Å². The Morgan fingerprint density at radius 3 is 1.64 bits per heavy atom. The largest absolute Gasteiger partial charge is 0.380 e. The van der Waals surface area contributed by atoms with Crippen molar-refractivity contribution in [2.45, 2.75) is 39.8 Å². The van der Waals surface area contributed by atoms with E-state index in [0.717, 1.165) is 0 Å². The first-order valence-corrected chi connectivity index (χ1v) is 4.13. The molecule has 0 aromatic heterocycles. The minimum Gasteiger partial charge on any atom is -0.380 e. The molecule has 2 N–H and O–H groups in total. The molecule has 2 nitrogen and oxygen atoms in total. The number of ether oxygens (including phenoxy) is 1. The smallest absolute Gasteiger partial charge is 0.0703 e. The maximum Gasteiger partial charge on any atom is 0.0703 e. The van der Waals surface area contributed by atoms with Gasteiger partial charge in [-0.15, -0.1) is 0 Å². The lowest BCUT2D eigenvalue weighted by atomic mass is 9.50. The SMILES string of the molecule is CO[C@H]1C(C)(C)[C@@H](N)C1(C)C. The molecule has 1 fully saturated rings. The Hall–Kier alpha value is -0.0800. The zero-order valence-electron chi connectivity index (χ0n) is 8.14. The molecule has 0 atom stereocenters. The normalized spacial score (nSPS) is 39.8. The van der Waals surface area contributed by atoms with E-state index in [-0.39, 0.29) is 16.9 Å². The van der Waals surface area contributed by atoms with Crippen molar-refractivity contribution in [2.24, 2.45) is 16.6 Å². The number of nitrogens with two attached hydrogens (primary N) is 1. The summed E-state index contributed by atoms with van der Waals surface area (Å²) >= 11 is 0. The Kier molecular flexibility index (Phi) is 1.81. The van der Waals surface area contributed by atoms with Crippen LogP contribution in [0.5, 0.6) is 0 Å². The highest BCUT2D eigenvalue weighted by atomic mass is 16.5. The first-order valence-electron chi connectivity index (χ1n) is 4.13. The number of rotatable bonds is 1. The summed E-state index contributed by atoms with van der Waals surface area (Å²) in [5.41, 5.74) is 6.29. The second-order valence-corrected chi connectivity index (χ2v) is 4.74. The van der Waals surface area contributed by atoms with Crippen LogP contribution in [0, 0.1) is 10.8 Å². The molecule has 0 heterocycles. The molecule has 0 unspecified atom stereocenters. The fourth-order valence-electron chi connectivity index (χ4n) is 2.76. The molecule has 0 radical (unpaired) electrons. The first-order chi connectivity index (χ1) is 4.85. The van der Waals surface area contributed by atoms with Gasteiger partial charge in [-0.2, -0.15) is 0 Å². The van der Waals surface area contributed by atoms with Gasteiger partial charge in [-0.3, -0.25) is 0 Å². The Balaban J connectivity index is 2.79. The zero-order chi connectivity index (χ0) is 8.86. The summed E-state index contributed by atoms with van der Waals surface area (Å²) in [6.45, 7) is 8.66. The Morgan fingerprint density at radius 2 is 1.45 bits per heavy atom. The van der Waals surface area contributed by atoms with Crippen molar-refractivity contribution in [3.05, 3.63) is 0 Å². The fraction of sp³-hybridized carbons (Fsp3) is 1.00. The van der Waals surface area contributed by atoms with E-state index in [2.05, 4.69) is 27.7 Å². The second kappa shape index (κ2) is 2.20. The molecule has 0 aliphatic heterocycles. The fourth-order valence-corrected chi connectivity index (χ4v) is 2.76. The molecule has 66 valence electrons. The van der Waals surface area contributed by atoms with Crippen LogP contribution in [0.15, 0.2) is 0 Å². The van der Waals surface area contributed by atoms with E-state index >= 15 is 0 Å². The van der Waals surface area contributed by atoms with Gasteiger partial charge in [0.25, 0.3) is 0 Å². The van der Waals surface area contributed by atoms with Crippen LogP contribution in [0.4, 0.5) is 0 Å². The van der Waals surface area contributed by atoms with Crippen molar-refractivity contribution >= 4 is 0 Å². The lowest BCUT2D eigenvalue weighted by Crippen LogP contribution is -2.71. The highest BCUT2D eigenvalue weighted by Crippen LogP contribution is 2.53. The number of methoxy groups -OCH3 is 1. The van der Waals surface area contributed by atoms with Crippen LogP contribution in [0.2, 0.25) is 0 Å². The van der Waals surface area contributed by atoms with Gasteiger partial charge in [0, 0.05) is 24.0 Å². The highest BCUT2D eigenvalue weighted by molar-refractivity contribution is 5.13. The van der Waals surface area contributed by atoms with Gasteiger partial charge in [-0.1, -0.05) is 27.7 Å². The van der Waals surface area contributed by atoms with E-state index in [1.54, 1.807) is 7.11 Å². The lowest BCUT2D eigenvalue weighted by Gasteiger charge is -2.61. The van der Waals surface area contributed by atoms with Gasteiger partial charge in [0.05, 0.1) is 6.10 Å². The Labute approximate surface area is 69.1 Å². The molecular weight excluding hydrogens is 138 g/mol. The van der Waals surface area contributed by atoms with Crippen LogP contribution in [0.1, 0.15) is 27.7 Å². The molecule has 1 saturated carbocycles. The average Bonchev–Trinajstić information content (AvgIpc) is 1.86. The molecule has 0 spiro atoms. The Bertz CT molecular complexity index is 147. The second-order valence-electron chi connectivity index (χ2n) is 4.74. The van der Waals surface area contributed by atoms with Crippen molar-refractivity contribution in [2.75, 3.05) is 7.11 Å². The molecule has 1 aliphatic rings. The highest BCUT2D eigenvalue weighted by Gasteiger charge is 2.60. The molecule has 11 heavy (non-hydrogen) atoms. The van der Waals surface area contributed by atoms with Gasteiger partial charge in [-0.25, -0.2) is 0 Å². The van der Waals surface area contributed by atoms with E-state index in [1.165, 1.54) is 0 Å². The van der Waals surface area contributed by atoms with Crippen molar-refractivity contribution < 1.29 is 4.74 Å². The molecule has 0 saturated heterocycles. The molecule has 0 bridgehead atoms. The van der Waals surface area contributed by atoms with Crippen LogP contribution in [-0.2, 0) is 4.74 Å². The third-order valence-electron chi connectivity index (χ3n) is 3.19. The van der Waals surface area contributed by atoms with Crippen molar-refractivity contribution in [1.29, 1.82) is 0 Å². The summed E-state index contributed by atoms with van der Waals surface area (Å²) in [6, 6.07) is 0.250. The molecule has 2 heteroatoms. The topological polar surface area (TPSA) is 35.2 Å². The predicted octanol–water partition coefficient (Wildman–Crippen LogP) is 1.39. The monoisotopic (exact) mass is 157 g/mol. The summed E-state index contributed by atoms with van der Waals surface area (Å²) in [6.07, 6.45) is 0.296. The van der Waals surface area contributed by atoms with Crippen LogP contribution >= 0.6 is 0 Å². The third kappa shape index (κ3) is 0.926. The van der Waals surface area contributed by atoms with E-state index in [9.17, 15) is 0 Å². The van der Waals surface area contributed by atoms with Gasteiger partial charge < -0.3 is 10.5 Å². The van der Waals surface area contributed by atoms with Gasteiger partial charge >= 0.3 is 0 Å². The van der Waals surface area contributed by atoms with Crippen LogP contribution in [0.3, 0.4) is 0 Å². The summed E-state index contributed by atoms with van der Waals surface area (Å²) in [5, 5.41) is 0. The summed E-state index contributed by atoms with van der Waals surface area (Å²) in [4.78, 5) is 0. The maximum absolute atomic E-state index is 6.02. The summed E-state index contributed by atoms with van der Waals surface area (Å²) < 4.78 is 5.41. The maximum atomic E-state index is 6.02. The first kappa shape index (κ1) is 9.01. The van der Waals surface area contributed by atoms with Gasteiger partial charge in [0.15, 0.2) is 0 Å². The van der Waals surface area contributed by atoms with E-state index in [0.29, 0.717) is 6.10 Å². The predicted molar refractivity (Wildman–Crippen MR) is 46.3 cm³/mol. The average molecular weight is 157 g/mol. The van der Waals surface area contributed by atoms with Crippen molar-refractivity contribution in [3.63, 3.8) is 0 Å². The van der Waals surface area contributed by atoms with Crippen molar-refractivity contribution in [1.82, 2.24) is 0 Å². The van der Waals surface area contributed by atoms with Crippen LogP contribution < -0.4 is 5.73 Å². The van der Waals surface area contributed by atoms with E-state index in [1.807, 2.05) is 0 Å². The minimum absolute atomic E-state index is 0.137. The summed E-state index contributed by atoms with van der Waals surface area (Å²) in [7, 11) is 1.76. The Morgan fingerprint density at radius 1 is 1.09 bits per heavy atom. The number of hydrogen-bond acceptors (Lipinski definition) is 2.